The molecule has 0 spiro atoms. The summed E-state index contributed by atoms with van der Waals surface area (Å²) in [4.78, 5) is 38.0. The topological polar surface area (TPSA) is 78.9 Å². The lowest BCUT2D eigenvalue weighted by Crippen LogP contribution is -2.30. The third kappa shape index (κ3) is 50.8. The van der Waals surface area contributed by atoms with Gasteiger partial charge in [-0.1, -0.05) is 194 Å². The first kappa shape index (κ1) is 61.8. The molecular formula is C60H96O6. The predicted octanol–water partition coefficient (Wildman–Crippen LogP) is 17.7. The molecule has 0 aromatic carbocycles. The Bertz CT molecular complexity index is 1420. The third-order valence-corrected chi connectivity index (χ3v) is 10.7. The Morgan fingerprint density at radius 1 is 0.318 bits per heavy atom. The molecule has 0 bridgehead atoms. The Morgan fingerprint density at radius 3 is 1.02 bits per heavy atom. The highest BCUT2D eigenvalue weighted by Gasteiger charge is 2.19. The van der Waals surface area contributed by atoms with Crippen molar-refractivity contribution in [1.82, 2.24) is 0 Å². The van der Waals surface area contributed by atoms with Crippen LogP contribution in [0.3, 0.4) is 0 Å². The third-order valence-electron chi connectivity index (χ3n) is 10.7. The van der Waals surface area contributed by atoms with E-state index in [1.54, 1.807) is 0 Å². The Kier molecular flexibility index (Phi) is 50.0. The molecule has 0 aliphatic carbocycles. The molecular weight excluding hydrogens is 817 g/mol. The first-order valence-electron chi connectivity index (χ1n) is 26.5. The van der Waals surface area contributed by atoms with Gasteiger partial charge in [0.1, 0.15) is 13.2 Å². The highest BCUT2D eigenvalue weighted by molar-refractivity contribution is 5.71. The summed E-state index contributed by atoms with van der Waals surface area (Å²) in [6, 6.07) is 0. The van der Waals surface area contributed by atoms with Crippen LogP contribution in [0.4, 0.5) is 0 Å². The number of rotatable bonds is 46. The number of allylic oxidation sites excluding steroid dienone is 20. The van der Waals surface area contributed by atoms with E-state index in [1.165, 1.54) is 44.9 Å². The SMILES string of the molecule is CC/C=C\C/C=C\C/C=C\C/C=C\C/C=C\CCCCCC(=O)OC[C@@H](COC(=O)CCCCCCC/C=C\C/C=C\CCCC)OC(=O)CCCC/C=C\C/C=C\C/C=C\CCCCC. The van der Waals surface area contributed by atoms with E-state index in [-0.39, 0.29) is 37.5 Å². The molecule has 0 aliphatic heterocycles. The summed E-state index contributed by atoms with van der Waals surface area (Å²) in [5, 5.41) is 0. The van der Waals surface area contributed by atoms with E-state index in [4.69, 9.17) is 14.2 Å². The molecule has 0 amide bonds. The Morgan fingerprint density at radius 2 is 0.606 bits per heavy atom. The van der Waals surface area contributed by atoms with Gasteiger partial charge in [0.25, 0.3) is 0 Å². The maximum atomic E-state index is 12.8. The molecule has 6 heteroatoms. The second-order valence-electron chi connectivity index (χ2n) is 17.0. The lowest BCUT2D eigenvalue weighted by molar-refractivity contribution is -0.167. The summed E-state index contributed by atoms with van der Waals surface area (Å²) < 4.78 is 16.7. The minimum atomic E-state index is -0.821. The number of ether oxygens (including phenoxy) is 3. The fourth-order valence-electron chi connectivity index (χ4n) is 6.67. The van der Waals surface area contributed by atoms with Crippen LogP contribution in [0.2, 0.25) is 0 Å². The highest BCUT2D eigenvalue weighted by atomic mass is 16.6. The maximum absolute atomic E-state index is 12.8. The molecule has 6 nitrogen and oxygen atoms in total. The molecule has 0 N–H and O–H groups in total. The van der Waals surface area contributed by atoms with E-state index in [9.17, 15) is 14.4 Å². The van der Waals surface area contributed by atoms with Gasteiger partial charge in [0.2, 0.25) is 0 Å². The standard InChI is InChI=1S/C60H96O6/c1-4-7-10-13-16-19-22-25-28-29-30-31-33-35-38-41-44-47-50-53-59(62)65-56-57(55-64-58(61)52-49-46-43-40-37-34-27-24-21-18-15-12-9-6-3)66-60(63)54-51-48-45-42-39-36-32-26-23-20-17-14-11-8-5-2/h7,10,15-20,24-28,30-32,35,38-39,42,57H,4-6,8-9,11-14,21-23,29,33-34,36-37,40-41,43-56H2,1-3H3/b10-7-,18-15-,19-16-,20-17-,27-24-,28-25-,31-30-,32-26-,38-35-,42-39-/t57-/m1/s1. The van der Waals surface area contributed by atoms with Gasteiger partial charge in [-0.05, 0) is 128 Å². The molecule has 1 atom stereocenters. The number of unbranched alkanes of at least 4 members (excludes halogenated alkanes) is 15. The van der Waals surface area contributed by atoms with Gasteiger partial charge in [-0.25, -0.2) is 0 Å². The second-order valence-corrected chi connectivity index (χ2v) is 17.0. The largest absolute Gasteiger partial charge is 0.462 e. The molecule has 66 heavy (non-hydrogen) atoms. The number of carbonyl (C=O) groups is 3. The summed E-state index contributed by atoms with van der Waals surface area (Å²) in [6.45, 7) is 6.36. The summed E-state index contributed by atoms with van der Waals surface area (Å²) in [5.74, 6) is -1.01. The average molecular weight is 913 g/mol. The molecule has 0 saturated carbocycles. The molecule has 0 aliphatic rings. The molecule has 0 aromatic heterocycles. The first-order chi connectivity index (χ1) is 32.5. The smallest absolute Gasteiger partial charge is 0.306 e. The molecule has 0 unspecified atom stereocenters. The lowest BCUT2D eigenvalue weighted by Gasteiger charge is -2.18. The van der Waals surface area contributed by atoms with Crippen LogP contribution in [0.1, 0.15) is 220 Å². The van der Waals surface area contributed by atoms with Crippen molar-refractivity contribution in [2.45, 2.75) is 226 Å². The summed E-state index contributed by atoms with van der Waals surface area (Å²) in [5.41, 5.74) is 0. The number of hydrogen-bond donors (Lipinski definition) is 0. The van der Waals surface area contributed by atoms with Gasteiger partial charge < -0.3 is 14.2 Å². The molecule has 0 heterocycles. The van der Waals surface area contributed by atoms with E-state index in [1.807, 2.05) is 0 Å². The van der Waals surface area contributed by atoms with E-state index in [0.29, 0.717) is 19.3 Å². The lowest BCUT2D eigenvalue weighted by atomic mass is 10.1. The minimum Gasteiger partial charge on any atom is -0.462 e. The van der Waals surface area contributed by atoms with E-state index in [2.05, 4.69) is 142 Å². The quantitative estimate of drug-likeness (QED) is 0.0262. The zero-order valence-electron chi connectivity index (χ0n) is 42.4. The Balaban J connectivity index is 4.55. The minimum absolute atomic E-state index is 0.115. The fourth-order valence-corrected chi connectivity index (χ4v) is 6.67. The van der Waals surface area contributed by atoms with Crippen molar-refractivity contribution in [3.05, 3.63) is 122 Å². The molecule has 0 fully saturated rings. The number of hydrogen-bond acceptors (Lipinski definition) is 6. The highest BCUT2D eigenvalue weighted by Crippen LogP contribution is 2.12. The molecule has 0 rings (SSSR count). The molecule has 0 saturated heterocycles. The predicted molar refractivity (Wildman–Crippen MR) is 283 cm³/mol. The Hall–Kier alpha value is -4.19. The van der Waals surface area contributed by atoms with Crippen LogP contribution in [-0.4, -0.2) is 37.2 Å². The van der Waals surface area contributed by atoms with E-state index >= 15 is 0 Å². The maximum Gasteiger partial charge on any atom is 0.306 e. The monoisotopic (exact) mass is 913 g/mol. The summed E-state index contributed by atoms with van der Waals surface area (Å²) in [6.07, 6.45) is 73.2. The normalized spacial score (nSPS) is 13.1. The zero-order chi connectivity index (χ0) is 47.9. The fraction of sp³-hybridized carbons (Fsp3) is 0.617. The summed E-state index contributed by atoms with van der Waals surface area (Å²) in [7, 11) is 0. The van der Waals surface area contributed by atoms with Gasteiger partial charge in [0, 0.05) is 19.3 Å². The van der Waals surface area contributed by atoms with Crippen molar-refractivity contribution in [2.24, 2.45) is 0 Å². The van der Waals surface area contributed by atoms with E-state index in [0.717, 1.165) is 128 Å². The summed E-state index contributed by atoms with van der Waals surface area (Å²) >= 11 is 0. The second kappa shape index (κ2) is 53.4. The van der Waals surface area contributed by atoms with Crippen LogP contribution in [-0.2, 0) is 28.6 Å². The van der Waals surface area contributed by atoms with Crippen LogP contribution in [0.25, 0.3) is 0 Å². The van der Waals surface area contributed by atoms with Gasteiger partial charge in [-0.3, -0.25) is 14.4 Å². The average Bonchev–Trinajstić information content (AvgIpc) is 3.31. The Labute approximate surface area is 405 Å². The van der Waals surface area contributed by atoms with Crippen LogP contribution < -0.4 is 0 Å². The molecule has 0 radical (unpaired) electrons. The van der Waals surface area contributed by atoms with Crippen molar-refractivity contribution in [3.8, 4) is 0 Å². The number of esters is 3. The van der Waals surface area contributed by atoms with Crippen molar-refractivity contribution >= 4 is 17.9 Å². The van der Waals surface area contributed by atoms with E-state index < -0.39 is 6.10 Å². The van der Waals surface area contributed by atoms with Gasteiger partial charge in [0.05, 0.1) is 0 Å². The van der Waals surface area contributed by atoms with Crippen LogP contribution in [0.15, 0.2) is 122 Å². The van der Waals surface area contributed by atoms with Crippen molar-refractivity contribution in [3.63, 3.8) is 0 Å². The van der Waals surface area contributed by atoms with Gasteiger partial charge in [0.15, 0.2) is 6.10 Å². The number of carbonyl (C=O) groups excluding carboxylic acids is 3. The molecule has 372 valence electrons. The van der Waals surface area contributed by atoms with Gasteiger partial charge >= 0.3 is 17.9 Å². The van der Waals surface area contributed by atoms with Gasteiger partial charge in [-0.2, -0.15) is 0 Å². The van der Waals surface area contributed by atoms with Crippen LogP contribution in [0, 0.1) is 0 Å². The van der Waals surface area contributed by atoms with Crippen molar-refractivity contribution in [2.75, 3.05) is 13.2 Å². The van der Waals surface area contributed by atoms with Crippen LogP contribution in [0.5, 0.6) is 0 Å². The first-order valence-corrected chi connectivity index (χ1v) is 26.5. The van der Waals surface area contributed by atoms with Gasteiger partial charge in [-0.15, -0.1) is 0 Å². The zero-order valence-corrected chi connectivity index (χ0v) is 42.4. The van der Waals surface area contributed by atoms with Crippen molar-refractivity contribution < 1.29 is 28.6 Å². The van der Waals surface area contributed by atoms with Crippen LogP contribution >= 0.6 is 0 Å². The molecule has 0 aromatic rings. The van der Waals surface area contributed by atoms with Crippen molar-refractivity contribution in [1.29, 1.82) is 0 Å².